The van der Waals surface area contributed by atoms with Crippen molar-refractivity contribution in [1.82, 2.24) is 20.2 Å². The minimum absolute atomic E-state index is 0.169. The van der Waals surface area contributed by atoms with E-state index in [-0.39, 0.29) is 11.6 Å². The number of hydrogen-bond acceptors (Lipinski definition) is 4. The van der Waals surface area contributed by atoms with Crippen molar-refractivity contribution < 1.29 is 9.18 Å². The summed E-state index contributed by atoms with van der Waals surface area (Å²) in [7, 11) is 0. The topological polar surface area (TPSA) is 72.7 Å². The number of anilines is 1. The van der Waals surface area contributed by atoms with E-state index in [0.717, 1.165) is 11.1 Å². The molecule has 3 aromatic rings. The molecule has 2 aromatic carbocycles. The predicted molar refractivity (Wildman–Crippen MR) is 92.7 cm³/mol. The van der Waals surface area contributed by atoms with Gasteiger partial charge in [0.05, 0.1) is 0 Å². The second-order valence-corrected chi connectivity index (χ2v) is 5.54. The van der Waals surface area contributed by atoms with E-state index in [2.05, 4.69) is 20.8 Å². The van der Waals surface area contributed by atoms with E-state index >= 15 is 0 Å². The van der Waals surface area contributed by atoms with Crippen LogP contribution in [0.2, 0.25) is 0 Å². The van der Waals surface area contributed by atoms with Crippen LogP contribution in [0.5, 0.6) is 0 Å². The predicted octanol–water partition coefficient (Wildman–Crippen LogP) is 3.07. The van der Waals surface area contributed by atoms with Gasteiger partial charge in [-0.15, -0.1) is 5.10 Å². The number of nitrogens with zero attached hydrogens (tertiary/aromatic N) is 4. The number of amides is 1. The molecule has 0 unspecified atom stereocenters. The van der Waals surface area contributed by atoms with Gasteiger partial charge in [-0.3, -0.25) is 4.79 Å². The number of rotatable bonds is 4. The van der Waals surface area contributed by atoms with E-state index < -0.39 is 5.82 Å². The zero-order chi connectivity index (χ0) is 17.8. The van der Waals surface area contributed by atoms with Crippen molar-refractivity contribution in [3.63, 3.8) is 0 Å². The van der Waals surface area contributed by atoms with Gasteiger partial charge < -0.3 is 5.32 Å². The lowest BCUT2D eigenvalue weighted by molar-refractivity contribution is -0.111. The first-order valence-corrected chi connectivity index (χ1v) is 7.63. The average Bonchev–Trinajstić information content (AvgIpc) is 3.01. The van der Waals surface area contributed by atoms with Gasteiger partial charge in [0.15, 0.2) is 5.82 Å². The summed E-state index contributed by atoms with van der Waals surface area (Å²) in [5, 5.41) is 13.7. The van der Waals surface area contributed by atoms with Crippen molar-refractivity contribution in [1.29, 1.82) is 0 Å². The Hall–Kier alpha value is -3.35. The first kappa shape index (κ1) is 16.5. The highest BCUT2D eigenvalue weighted by Gasteiger charge is 2.11. The molecule has 0 bridgehead atoms. The van der Waals surface area contributed by atoms with Crippen LogP contribution in [0, 0.1) is 19.7 Å². The number of aryl methyl sites for hydroxylation is 2. The van der Waals surface area contributed by atoms with Gasteiger partial charge in [-0.05, 0) is 54.1 Å². The van der Waals surface area contributed by atoms with Crippen molar-refractivity contribution in [3.8, 4) is 5.69 Å². The first-order chi connectivity index (χ1) is 12.0. The molecule has 6 nitrogen and oxygen atoms in total. The van der Waals surface area contributed by atoms with Gasteiger partial charge >= 0.3 is 0 Å². The molecule has 7 heteroatoms. The molecule has 1 heterocycles. The van der Waals surface area contributed by atoms with E-state index in [1.165, 1.54) is 29.0 Å². The molecule has 0 aliphatic carbocycles. The van der Waals surface area contributed by atoms with Crippen molar-refractivity contribution in [2.45, 2.75) is 13.8 Å². The zero-order valence-corrected chi connectivity index (χ0v) is 13.8. The Labute approximate surface area is 144 Å². The van der Waals surface area contributed by atoms with Crippen LogP contribution < -0.4 is 5.32 Å². The summed E-state index contributed by atoms with van der Waals surface area (Å²) in [5.41, 5.74) is 2.66. The number of halogens is 1. The van der Waals surface area contributed by atoms with Crippen LogP contribution in [-0.4, -0.2) is 26.1 Å². The molecule has 25 heavy (non-hydrogen) atoms. The smallest absolute Gasteiger partial charge is 0.248 e. The molecule has 0 saturated carbocycles. The molecular weight excluding hydrogens is 321 g/mol. The summed E-state index contributed by atoms with van der Waals surface area (Å²) in [4.78, 5) is 12.1. The van der Waals surface area contributed by atoms with E-state index in [1.54, 1.807) is 13.0 Å². The standard InChI is InChI=1S/C18H16FN5O/c1-12-4-3-5-14(10-12)6-9-18(25)20-15-7-8-16(19)17(11-15)24-13(2)21-22-23-24/h3-11H,1-2H3,(H,20,25)/b9-6+. The fourth-order valence-corrected chi connectivity index (χ4v) is 2.34. The van der Waals surface area contributed by atoms with Crippen molar-refractivity contribution in [2.75, 3.05) is 5.32 Å². The van der Waals surface area contributed by atoms with Gasteiger partial charge in [-0.25, -0.2) is 4.39 Å². The summed E-state index contributed by atoms with van der Waals surface area (Å²) in [6, 6.07) is 12.0. The summed E-state index contributed by atoms with van der Waals surface area (Å²) < 4.78 is 15.3. The van der Waals surface area contributed by atoms with Crippen LogP contribution >= 0.6 is 0 Å². The van der Waals surface area contributed by atoms with Crippen molar-refractivity contribution in [2.24, 2.45) is 0 Å². The van der Waals surface area contributed by atoms with E-state index in [4.69, 9.17) is 0 Å². The summed E-state index contributed by atoms with van der Waals surface area (Å²) in [6.45, 7) is 3.65. The summed E-state index contributed by atoms with van der Waals surface area (Å²) in [6.07, 6.45) is 3.15. The minimum atomic E-state index is -0.483. The quantitative estimate of drug-likeness (QED) is 0.743. The fraction of sp³-hybridized carbons (Fsp3) is 0.111. The van der Waals surface area contributed by atoms with Crippen LogP contribution in [0.15, 0.2) is 48.5 Å². The third-order valence-electron chi connectivity index (χ3n) is 3.54. The molecule has 0 saturated heterocycles. The molecule has 126 valence electrons. The highest BCUT2D eigenvalue weighted by atomic mass is 19.1. The fourth-order valence-electron chi connectivity index (χ4n) is 2.34. The average molecular weight is 337 g/mol. The van der Waals surface area contributed by atoms with Gasteiger partial charge in [-0.2, -0.15) is 4.68 Å². The summed E-state index contributed by atoms with van der Waals surface area (Å²) in [5.74, 6) is -0.349. The summed E-state index contributed by atoms with van der Waals surface area (Å²) >= 11 is 0. The van der Waals surface area contributed by atoms with Gasteiger partial charge in [-0.1, -0.05) is 29.8 Å². The molecule has 3 rings (SSSR count). The number of hydrogen-bond donors (Lipinski definition) is 1. The van der Waals surface area contributed by atoms with Crippen molar-refractivity contribution >= 4 is 17.7 Å². The Morgan fingerprint density at radius 1 is 1.20 bits per heavy atom. The maximum Gasteiger partial charge on any atom is 0.248 e. The lowest BCUT2D eigenvalue weighted by atomic mass is 10.1. The van der Waals surface area contributed by atoms with Gasteiger partial charge in [0, 0.05) is 11.8 Å². The Morgan fingerprint density at radius 2 is 2.04 bits per heavy atom. The monoisotopic (exact) mass is 337 g/mol. The third-order valence-corrected chi connectivity index (χ3v) is 3.54. The number of nitrogens with one attached hydrogen (secondary N) is 1. The Morgan fingerprint density at radius 3 is 2.76 bits per heavy atom. The lowest BCUT2D eigenvalue weighted by Crippen LogP contribution is -2.09. The number of carbonyl (C=O) groups is 1. The number of benzene rings is 2. The molecule has 0 aliphatic rings. The first-order valence-electron chi connectivity index (χ1n) is 7.63. The van der Waals surface area contributed by atoms with Crippen LogP contribution in [-0.2, 0) is 4.79 Å². The molecular formula is C18H16FN5O. The van der Waals surface area contributed by atoms with Gasteiger partial charge in [0.2, 0.25) is 5.91 Å². The Balaban J connectivity index is 1.77. The second-order valence-electron chi connectivity index (χ2n) is 5.54. The van der Waals surface area contributed by atoms with Crippen LogP contribution in [0.4, 0.5) is 10.1 Å². The molecule has 0 fully saturated rings. The van der Waals surface area contributed by atoms with E-state index in [0.29, 0.717) is 11.5 Å². The molecule has 1 aromatic heterocycles. The molecule has 0 radical (unpaired) electrons. The molecule has 0 aliphatic heterocycles. The van der Waals surface area contributed by atoms with Gasteiger partial charge in [0.25, 0.3) is 0 Å². The van der Waals surface area contributed by atoms with Crippen LogP contribution in [0.1, 0.15) is 17.0 Å². The largest absolute Gasteiger partial charge is 0.322 e. The second kappa shape index (κ2) is 7.04. The minimum Gasteiger partial charge on any atom is -0.322 e. The zero-order valence-electron chi connectivity index (χ0n) is 13.8. The van der Waals surface area contributed by atoms with Crippen LogP contribution in [0.3, 0.4) is 0 Å². The Kier molecular flexibility index (Phi) is 4.65. The SMILES string of the molecule is Cc1cccc(/C=C/C(=O)Nc2ccc(F)c(-n3nnnc3C)c2)c1. The molecule has 1 N–H and O–H groups in total. The number of aromatic nitrogens is 4. The van der Waals surface area contributed by atoms with Gasteiger partial charge in [0.1, 0.15) is 11.5 Å². The molecule has 0 spiro atoms. The maximum atomic E-state index is 14.0. The highest BCUT2D eigenvalue weighted by molar-refractivity contribution is 6.02. The number of carbonyl (C=O) groups excluding carboxylic acids is 1. The molecule has 0 atom stereocenters. The van der Waals surface area contributed by atoms with Crippen molar-refractivity contribution in [3.05, 3.63) is 71.3 Å². The lowest BCUT2D eigenvalue weighted by Gasteiger charge is -2.07. The normalized spacial score (nSPS) is 11.0. The van der Waals surface area contributed by atoms with E-state index in [9.17, 15) is 9.18 Å². The Bertz CT molecular complexity index is 948. The number of tetrazole rings is 1. The third kappa shape index (κ3) is 3.95. The van der Waals surface area contributed by atoms with Crippen LogP contribution in [0.25, 0.3) is 11.8 Å². The maximum absolute atomic E-state index is 14.0. The molecule has 1 amide bonds. The highest BCUT2D eigenvalue weighted by Crippen LogP contribution is 2.19. The van der Waals surface area contributed by atoms with E-state index in [1.807, 2.05) is 31.2 Å².